The van der Waals surface area contributed by atoms with Gasteiger partial charge in [-0.3, -0.25) is 9.80 Å². The smallest absolute Gasteiger partial charge is 0.292 e. The Balaban J connectivity index is 2.03. The van der Waals surface area contributed by atoms with Crippen LogP contribution in [0.5, 0.6) is 0 Å². The molecule has 3 rings (SSSR count). The molecule has 1 aliphatic rings. The van der Waals surface area contributed by atoms with Crippen LogP contribution in [0.2, 0.25) is 5.02 Å². The third-order valence-electron chi connectivity index (χ3n) is 5.10. The Kier molecular flexibility index (Phi) is 4.55. The van der Waals surface area contributed by atoms with E-state index < -0.39 is 0 Å². The Hall–Kier alpha value is -2.00. The van der Waals surface area contributed by atoms with Gasteiger partial charge in [0, 0.05) is 16.4 Å². The summed E-state index contributed by atoms with van der Waals surface area (Å²) >= 11 is 5.99. The molecule has 0 unspecified atom stereocenters. The molecule has 0 aromatic heterocycles. The standard InChI is InChI=1S/C20H23ClN2O/c1-4-20(5-2)14-22(17-12-8-16(21)9-13-17)19(24)23(20)18-10-6-15(3)7-11-18/h6-13H,4-5,14H2,1-3H3. The van der Waals surface area contributed by atoms with Crippen molar-refractivity contribution in [2.75, 3.05) is 16.3 Å². The molecule has 0 aliphatic carbocycles. The van der Waals surface area contributed by atoms with Crippen LogP contribution < -0.4 is 9.80 Å². The van der Waals surface area contributed by atoms with Crippen molar-refractivity contribution >= 4 is 29.0 Å². The molecule has 1 aliphatic heterocycles. The van der Waals surface area contributed by atoms with Crippen molar-refractivity contribution in [3.05, 3.63) is 59.1 Å². The van der Waals surface area contributed by atoms with E-state index in [0.29, 0.717) is 11.6 Å². The number of benzene rings is 2. The summed E-state index contributed by atoms with van der Waals surface area (Å²) in [6.07, 6.45) is 1.82. The Morgan fingerprint density at radius 3 is 2.04 bits per heavy atom. The van der Waals surface area contributed by atoms with Gasteiger partial charge in [0.1, 0.15) is 0 Å². The maximum atomic E-state index is 13.2. The van der Waals surface area contributed by atoms with Crippen molar-refractivity contribution in [1.29, 1.82) is 0 Å². The fourth-order valence-corrected chi connectivity index (χ4v) is 3.57. The molecule has 2 aromatic carbocycles. The van der Waals surface area contributed by atoms with Crippen LogP contribution in [0.3, 0.4) is 0 Å². The Labute approximate surface area is 148 Å². The zero-order valence-corrected chi connectivity index (χ0v) is 15.2. The SMILES string of the molecule is CCC1(CC)CN(c2ccc(Cl)cc2)C(=O)N1c1ccc(C)cc1. The molecule has 1 heterocycles. The van der Waals surface area contributed by atoms with Gasteiger partial charge in [-0.2, -0.15) is 0 Å². The Bertz CT molecular complexity index is 720. The number of rotatable bonds is 4. The lowest BCUT2D eigenvalue weighted by Gasteiger charge is -2.35. The van der Waals surface area contributed by atoms with Crippen molar-refractivity contribution in [2.24, 2.45) is 0 Å². The van der Waals surface area contributed by atoms with Gasteiger partial charge in [-0.15, -0.1) is 0 Å². The third-order valence-corrected chi connectivity index (χ3v) is 5.35. The molecule has 24 heavy (non-hydrogen) atoms. The maximum Gasteiger partial charge on any atom is 0.329 e. The zero-order valence-electron chi connectivity index (χ0n) is 14.4. The van der Waals surface area contributed by atoms with Crippen LogP contribution >= 0.6 is 11.6 Å². The second-order valence-corrected chi connectivity index (χ2v) is 6.88. The number of urea groups is 1. The highest BCUT2D eigenvalue weighted by molar-refractivity contribution is 6.30. The number of halogens is 1. The summed E-state index contributed by atoms with van der Waals surface area (Å²) in [7, 11) is 0. The van der Waals surface area contributed by atoms with Gasteiger partial charge in [0.05, 0.1) is 12.1 Å². The second-order valence-electron chi connectivity index (χ2n) is 6.45. The van der Waals surface area contributed by atoms with E-state index in [1.54, 1.807) is 0 Å². The summed E-state index contributed by atoms with van der Waals surface area (Å²) in [5, 5.41) is 0.679. The Morgan fingerprint density at radius 2 is 1.50 bits per heavy atom. The molecular weight excluding hydrogens is 320 g/mol. The van der Waals surface area contributed by atoms with Crippen LogP contribution in [-0.4, -0.2) is 18.1 Å². The van der Waals surface area contributed by atoms with Crippen molar-refractivity contribution in [3.63, 3.8) is 0 Å². The minimum absolute atomic E-state index is 0.0323. The van der Waals surface area contributed by atoms with E-state index >= 15 is 0 Å². The number of amides is 2. The first-order valence-electron chi connectivity index (χ1n) is 8.44. The lowest BCUT2D eigenvalue weighted by atomic mass is 9.91. The van der Waals surface area contributed by atoms with Crippen molar-refractivity contribution in [1.82, 2.24) is 0 Å². The molecule has 0 spiro atoms. The van der Waals surface area contributed by atoms with E-state index in [1.807, 2.05) is 46.2 Å². The van der Waals surface area contributed by atoms with E-state index in [1.165, 1.54) is 5.56 Å². The predicted molar refractivity (Wildman–Crippen MR) is 101 cm³/mol. The van der Waals surface area contributed by atoms with E-state index in [4.69, 9.17) is 11.6 Å². The summed E-state index contributed by atoms with van der Waals surface area (Å²) in [6, 6.07) is 15.7. The van der Waals surface area contributed by atoms with E-state index in [0.717, 1.165) is 24.2 Å². The molecule has 0 bridgehead atoms. The summed E-state index contributed by atoms with van der Waals surface area (Å²) in [5.74, 6) is 0. The number of anilines is 2. The van der Waals surface area contributed by atoms with E-state index in [9.17, 15) is 4.79 Å². The van der Waals surface area contributed by atoms with Crippen LogP contribution in [0.1, 0.15) is 32.3 Å². The first-order valence-corrected chi connectivity index (χ1v) is 8.82. The molecule has 0 radical (unpaired) electrons. The van der Waals surface area contributed by atoms with Crippen molar-refractivity contribution in [2.45, 2.75) is 39.2 Å². The molecule has 3 nitrogen and oxygen atoms in total. The second kappa shape index (κ2) is 6.48. The van der Waals surface area contributed by atoms with Gasteiger partial charge in [0.15, 0.2) is 0 Å². The quantitative estimate of drug-likeness (QED) is 0.703. The van der Waals surface area contributed by atoms with Crippen LogP contribution in [0, 0.1) is 6.92 Å². The number of carbonyl (C=O) groups excluding carboxylic acids is 1. The van der Waals surface area contributed by atoms with Crippen LogP contribution in [-0.2, 0) is 0 Å². The average molecular weight is 343 g/mol. The monoisotopic (exact) mass is 342 g/mol. The van der Waals surface area contributed by atoms with Crippen LogP contribution in [0.25, 0.3) is 0 Å². The topological polar surface area (TPSA) is 23.6 Å². The number of hydrogen-bond donors (Lipinski definition) is 0. The van der Waals surface area contributed by atoms with E-state index in [2.05, 4.69) is 32.9 Å². The molecule has 2 aromatic rings. The van der Waals surface area contributed by atoms with Gasteiger partial charge in [-0.05, 0) is 56.2 Å². The molecule has 1 fully saturated rings. The number of carbonyl (C=O) groups is 1. The maximum absolute atomic E-state index is 13.2. The summed E-state index contributed by atoms with van der Waals surface area (Å²) < 4.78 is 0. The summed E-state index contributed by atoms with van der Waals surface area (Å²) in [5.41, 5.74) is 2.86. The molecule has 0 N–H and O–H groups in total. The van der Waals surface area contributed by atoms with Crippen LogP contribution in [0.15, 0.2) is 48.5 Å². The molecule has 0 saturated carbocycles. The van der Waals surface area contributed by atoms with Crippen LogP contribution in [0.4, 0.5) is 16.2 Å². The average Bonchev–Trinajstić information content (AvgIpc) is 2.90. The van der Waals surface area contributed by atoms with Gasteiger partial charge in [0.2, 0.25) is 0 Å². The largest absolute Gasteiger partial charge is 0.329 e. The molecular formula is C20H23ClN2O. The van der Waals surface area contributed by atoms with Gasteiger partial charge >= 0.3 is 6.03 Å². The molecule has 1 saturated heterocycles. The van der Waals surface area contributed by atoms with Gasteiger partial charge in [0.25, 0.3) is 0 Å². The highest BCUT2D eigenvalue weighted by atomic mass is 35.5. The zero-order chi connectivity index (χ0) is 17.3. The number of hydrogen-bond acceptors (Lipinski definition) is 1. The van der Waals surface area contributed by atoms with Crippen molar-refractivity contribution < 1.29 is 4.79 Å². The van der Waals surface area contributed by atoms with E-state index in [-0.39, 0.29) is 11.6 Å². The number of nitrogens with zero attached hydrogens (tertiary/aromatic N) is 2. The highest BCUT2D eigenvalue weighted by Crippen LogP contribution is 2.39. The summed E-state index contributed by atoms with van der Waals surface area (Å²) in [6.45, 7) is 7.06. The van der Waals surface area contributed by atoms with Crippen molar-refractivity contribution in [3.8, 4) is 0 Å². The third kappa shape index (κ3) is 2.78. The lowest BCUT2D eigenvalue weighted by molar-refractivity contribution is 0.253. The lowest BCUT2D eigenvalue weighted by Crippen LogP contribution is -2.46. The minimum atomic E-state index is -0.189. The molecule has 126 valence electrons. The van der Waals surface area contributed by atoms with Gasteiger partial charge in [-0.1, -0.05) is 43.1 Å². The predicted octanol–water partition coefficient (Wildman–Crippen LogP) is 5.65. The fraction of sp³-hybridized carbons (Fsp3) is 0.350. The molecule has 2 amide bonds. The first kappa shape index (κ1) is 16.8. The summed E-state index contributed by atoms with van der Waals surface area (Å²) in [4.78, 5) is 17.1. The highest BCUT2D eigenvalue weighted by Gasteiger charge is 2.48. The van der Waals surface area contributed by atoms with Gasteiger partial charge < -0.3 is 0 Å². The van der Waals surface area contributed by atoms with Gasteiger partial charge in [-0.25, -0.2) is 4.79 Å². The minimum Gasteiger partial charge on any atom is -0.292 e. The molecule has 4 heteroatoms. The molecule has 0 atom stereocenters. The number of aryl methyl sites for hydroxylation is 1. The Morgan fingerprint density at radius 1 is 0.958 bits per heavy atom. The normalized spacial score (nSPS) is 16.8. The first-order chi connectivity index (χ1) is 11.5. The fourth-order valence-electron chi connectivity index (χ4n) is 3.45.